The Labute approximate surface area is 103 Å². The normalized spacial score (nSPS) is 19.5. The van der Waals surface area contributed by atoms with Gasteiger partial charge in [-0.15, -0.1) is 0 Å². The predicted molar refractivity (Wildman–Crippen MR) is 69.2 cm³/mol. The Hall–Kier alpha value is -1.13. The molecule has 4 heteroatoms. The summed E-state index contributed by atoms with van der Waals surface area (Å²) in [7, 11) is 4.03. The maximum Gasteiger partial charge on any atom is 0.128 e. The van der Waals surface area contributed by atoms with Gasteiger partial charge in [0.2, 0.25) is 0 Å². The molecule has 1 aliphatic rings. The summed E-state index contributed by atoms with van der Waals surface area (Å²) >= 11 is 0. The molecule has 1 aromatic heterocycles. The predicted octanol–water partition coefficient (Wildman–Crippen LogP) is 1.42. The van der Waals surface area contributed by atoms with Crippen LogP contribution in [-0.2, 0) is 11.3 Å². The Bertz CT molecular complexity index is 350. The first kappa shape index (κ1) is 12.3. The van der Waals surface area contributed by atoms with Crippen molar-refractivity contribution in [2.45, 2.75) is 25.5 Å². The first-order chi connectivity index (χ1) is 8.29. The van der Waals surface area contributed by atoms with Gasteiger partial charge in [-0.1, -0.05) is 0 Å². The lowest BCUT2D eigenvalue weighted by Gasteiger charge is -2.22. The second kappa shape index (κ2) is 5.98. The highest BCUT2D eigenvalue weighted by Gasteiger charge is 2.18. The van der Waals surface area contributed by atoms with Crippen LogP contribution in [0.5, 0.6) is 0 Å². The number of anilines is 1. The van der Waals surface area contributed by atoms with Gasteiger partial charge < -0.3 is 15.0 Å². The summed E-state index contributed by atoms with van der Waals surface area (Å²) in [6, 6.07) is 4.17. The molecule has 2 heterocycles. The van der Waals surface area contributed by atoms with E-state index in [1.54, 1.807) is 0 Å². The van der Waals surface area contributed by atoms with Crippen LogP contribution in [0.1, 0.15) is 18.4 Å². The third kappa shape index (κ3) is 3.41. The molecule has 1 saturated heterocycles. The van der Waals surface area contributed by atoms with Gasteiger partial charge in [0, 0.05) is 32.9 Å². The van der Waals surface area contributed by atoms with E-state index in [-0.39, 0.29) is 0 Å². The van der Waals surface area contributed by atoms with E-state index in [0.29, 0.717) is 6.10 Å². The molecule has 94 valence electrons. The summed E-state index contributed by atoms with van der Waals surface area (Å²) in [6.07, 6.45) is 4.59. The van der Waals surface area contributed by atoms with Gasteiger partial charge in [0.05, 0.1) is 6.10 Å². The third-order valence-corrected chi connectivity index (χ3v) is 3.08. The van der Waals surface area contributed by atoms with E-state index in [0.717, 1.165) is 25.5 Å². The lowest BCUT2D eigenvalue weighted by molar-refractivity contribution is 0.116. The average Bonchev–Trinajstić information content (AvgIpc) is 2.83. The lowest BCUT2D eigenvalue weighted by Crippen LogP contribution is -2.29. The maximum absolute atomic E-state index is 5.64. The van der Waals surface area contributed by atoms with Gasteiger partial charge in [0.1, 0.15) is 5.82 Å². The maximum atomic E-state index is 5.64. The minimum atomic E-state index is 0.370. The Morgan fingerprint density at radius 2 is 2.47 bits per heavy atom. The number of pyridine rings is 1. The fourth-order valence-electron chi connectivity index (χ4n) is 2.17. The molecule has 0 spiro atoms. The van der Waals surface area contributed by atoms with Crippen LogP contribution >= 0.6 is 0 Å². The van der Waals surface area contributed by atoms with Crippen LogP contribution in [0.4, 0.5) is 5.82 Å². The Morgan fingerprint density at radius 3 is 3.18 bits per heavy atom. The quantitative estimate of drug-likeness (QED) is 0.837. The number of nitrogens with one attached hydrogen (secondary N) is 1. The van der Waals surface area contributed by atoms with E-state index in [2.05, 4.69) is 28.3 Å². The molecular formula is C13H21N3O. The summed E-state index contributed by atoms with van der Waals surface area (Å²) in [5, 5.41) is 3.15. The minimum absolute atomic E-state index is 0.370. The molecule has 0 bridgehead atoms. The highest BCUT2D eigenvalue weighted by Crippen LogP contribution is 2.17. The van der Waals surface area contributed by atoms with Crippen LogP contribution in [0.2, 0.25) is 0 Å². The molecule has 1 N–H and O–H groups in total. The summed E-state index contributed by atoms with van der Waals surface area (Å²) in [5.41, 5.74) is 1.26. The number of rotatable bonds is 5. The molecular weight excluding hydrogens is 214 g/mol. The molecule has 2 rings (SSSR count). The van der Waals surface area contributed by atoms with Gasteiger partial charge in [0.15, 0.2) is 0 Å². The van der Waals surface area contributed by atoms with Gasteiger partial charge in [-0.3, -0.25) is 0 Å². The van der Waals surface area contributed by atoms with Crippen LogP contribution in [0.25, 0.3) is 0 Å². The third-order valence-electron chi connectivity index (χ3n) is 3.08. The first-order valence-electron chi connectivity index (χ1n) is 6.22. The van der Waals surface area contributed by atoms with Crippen LogP contribution < -0.4 is 10.2 Å². The van der Waals surface area contributed by atoms with Crippen molar-refractivity contribution >= 4 is 5.82 Å². The Balaban J connectivity index is 1.97. The molecule has 0 aliphatic carbocycles. The van der Waals surface area contributed by atoms with E-state index in [1.165, 1.54) is 18.4 Å². The Morgan fingerprint density at radius 1 is 1.59 bits per heavy atom. The van der Waals surface area contributed by atoms with Crippen molar-refractivity contribution in [1.82, 2.24) is 10.3 Å². The molecule has 4 nitrogen and oxygen atoms in total. The number of nitrogens with zero attached hydrogens (tertiary/aromatic N) is 2. The molecule has 0 aromatic carbocycles. The van der Waals surface area contributed by atoms with E-state index in [9.17, 15) is 0 Å². The van der Waals surface area contributed by atoms with Crippen LogP contribution in [0, 0.1) is 0 Å². The van der Waals surface area contributed by atoms with Crippen molar-refractivity contribution in [3.63, 3.8) is 0 Å². The second-order valence-corrected chi connectivity index (χ2v) is 4.57. The van der Waals surface area contributed by atoms with Crippen molar-refractivity contribution in [2.75, 3.05) is 32.1 Å². The lowest BCUT2D eigenvalue weighted by atomic mass is 10.2. The molecule has 1 fully saturated rings. The van der Waals surface area contributed by atoms with Crippen molar-refractivity contribution in [2.24, 2.45) is 0 Å². The zero-order valence-corrected chi connectivity index (χ0v) is 10.6. The molecule has 0 radical (unpaired) electrons. The molecule has 17 heavy (non-hydrogen) atoms. The first-order valence-corrected chi connectivity index (χ1v) is 6.22. The van der Waals surface area contributed by atoms with E-state index in [4.69, 9.17) is 4.74 Å². The molecule has 0 saturated carbocycles. The zero-order valence-electron chi connectivity index (χ0n) is 10.6. The van der Waals surface area contributed by atoms with Gasteiger partial charge in [0.25, 0.3) is 0 Å². The standard InChI is InChI=1S/C13H21N3O/c1-14-9-11-5-6-15-13(8-11)16(2)10-12-4-3-7-17-12/h5-6,8,12,14H,3-4,7,9-10H2,1-2H3. The van der Waals surface area contributed by atoms with Crippen molar-refractivity contribution < 1.29 is 4.74 Å². The van der Waals surface area contributed by atoms with Crippen LogP contribution in [0.15, 0.2) is 18.3 Å². The fraction of sp³-hybridized carbons (Fsp3) is 0.615. The highest BCUT2D eigenvalue weighted by atomic mass is 16.5. The van der Waals surface area contributed by atoms with Gasteiger partial charge in [-0.2, -0.15) is 0 Å². The number of hydrogen-bond acceptors (Lipinski definition) is 4. The van der Waals surface area contributed by atoms with Crippen molar-refractivity contribution in [1.29, 1.82) is 0 Å². The molecule has 1 aliphatic heterocycles. The van der Waals surface area contributed by atoms with Gasteiger partial charge in [-0.25, -0.2) is 4.98 Å². The topological polar surface area (TPSA) is 37.4 Å². The molecule has 1 unspecified atom stereocenters. The summed E-state index contributed by atoms with van der Waals surface area (Å²) in [6.45, 7) is 2.71. The number of hydrogen-bond donors (Lipinski definition) is 1. The van der Waals surface area contributed by atoms with Gasteiger partial charge in [-0.05, 0) is 37.6 Å². The Kier molecular flexibility index (Phi) is 4.34. The van der Waals surface area contributed by atoms with E-state index < -0.39 is 0 Å². The van der Waals surface area contributed by atoms with Gasteiger partial charge >= 0.3 is 0 Å². The smallest absolute Gasteiger partial charge is 0.128 e. The van der Waals surface area contributed by atoms with Crippen LogP contribution in [-0.4, -0.2) is 38.3 Å². The van der Waals surface area contributed by atoms with Crippen molar-refractivity contribution in [3.05, 3.63) is 23.9 Å². The minimum Gasteiger partial charge on any atom is -0.376 e. The number of ether oxygens (including phenoxy) is 1. The molecule has 1 atom stereocenters. The average molecular weight is 235 g/mol. The summed E-state index contributed by atoms with van der Waals surface area (Å²) in [4.78, 5) is 6.58. The summed E-state index contributed by atoms with van der Waals surface area (Å²) < 4.78 is 5.64. The van der Waals surface area contributed by atoms with Crippen LogP contribution in [0.3, 0.4) is 0 Å². The molecule has 0 amide bonds. The highest BCUT2D eigenvalue weighted by molar-refractivity contribution is 5.40. The monoisotopic (exact) mass is 235 g/mol. The van der Waals surface area contributed by atoms with E-state index in [1.807, 2.05) is 19.3 Å². The largest absolute Gasteiger partial charge is 0.376 e. The van der Waals surface area contributed by atoms with Crippen molar-refractivity contribution in [3.8, 4) is 0 Å². The number of likely N-dealkylation sites (N-methyl/N-ethyl adjacent to an activating group) is 1. The summed E-state index contributed by atoms with van der Waals surface area (Å²) in [5.74, 6) is 1.02. The zero-order chi connectivity index (χ0) is 12.1. The molecule has 1 aromatic rings. The SMILES string of the molecule is CNCc1ccnc(N(C)CC2CCCO2)c1. The second-order valence-electron chi connectivity index (χ2n) is 4.57. The number of aromatic nitrogens is 1. The van der Waals surface area contributed by atoms with E-state index >= 15 is 0 Å². The fourth-order valence-corrected chi connectivity index (χ4v) is 2.17.